The highest BCUT2D eigenvalue weighted by atomic mass is 35.5. The third kappa shape index (κ3) is 3.89. The van der Waals surface area contributed by atoms with Gasteiger partial charge in [0.15, 0.2) is 0 Å². The molecule has 0 heterocycles. The third-order valence-corrected chi connectivity index (χ3v) is 3.53. The number of benzene rings is 2. The number of nitrogens with two attached hydrogens (primary N) is 1. The van der Waals surface area contributed by atoms with Gasteiger partial charge in [0, 0.05) is 22.5 Å². The van der Waals surface area contributed by atoms with E-state index in [-0.39, 0.29) is 5.92 Å². The molecule has 3 nitrogen and oxygen atoms in total. The van der Waals surface area contributed by atoms with Crippen molar-refractivity contribution in [2.45, 2.75) is 5.92 Å². The monoisotopic (exact) mass is 308 g/mol. The highest BCUT2D eigenvalue weighted by Crippen LogP contribution is 2.26. The number of urea groups is 1. The largest absolute Gasteiger partial charge is 0.352 e. The molecule has 104 valence electrons. The second-order valence-electron chi connectivity index (χ2n) is 4.40. The van der Waals surface area contributed by atoms with Gasteiger partial charge in [-0.2, -0.15) is 0 Å². The summed E-state index contributed by atoms with van der Waals surface area (Å²) in [6.45, 7) is 0.415. The Morgan fingerprint density at radius 2 is 1.35 bits per heavy atom. The lowest BCUT2D eigenvalue weighted by atomic mass is 9.91. The van der Waals surface area contributed by atoms with Gasteiger partial charge in [0.1, 0.15) is 0 Å². The molecule has 0 unspecified atom stereocenters. The minimum Gasteiger partial charge on any atom is -0.352 e. The number of rotatable bonds is 4. The van der Waals surface area contributed by atoms with Gasteiger partial charge in [0.05, 0.1) is 0 Å². The molecule has 2 aromatic carbocycles. The molecular formula is C15H14Cl2N2O. The van der Waals surface area contributed by atoms with Gasteiger partial charge in [0.25, 0.3) is 0 Å². The molecule has 0 radical (unpaired) electrons. The van der Waals surface area contributed by atoms with Gasteiger partial charge in [-0.15, -0.1) is 0 Å². The van der Waals surface area contributed by atoms with E-state index >= 15 is 0 Å². The van der Waals surface area contributed by atoms with Gasteiger partial charge in [-0.25, -0.2) is 4.79 Å². The zero-order chi connectivity index (χ0) is 14.5. The summed E-state index contributed by atoms with van der Waals surface area (Å²) in [5.74, 6) is -0.00275. The van der Waals surface area contributed by atoms with Crippen molar-refractivity contribution < 1.29 is 4.79 Å². The molecule has 2 aromatic rings. The summed E-state index contributed by atoms with van der Waals surface area (Å²) in [6, 6.07) is 14.5. The Kier molecular flexibility index (Phi) is 4.88. The highest BCUT2D eigenvalue weighted by molar-refractivity contribution is 6.30. The fourth-order valence-electron chi connectivity index (χ4n) is 2.02. The van der Waals surface area contributed by atoms with E-state index in [1.165, 1.54) is 0 Å². The molecule has 0 fully saturated rings. The van der Waals surface area contributed by atoms with Gasteiger partial charge >= 0.3 is 6.03 Å². The molecule has 0 spiro atoms. The molecule has 20 heavy (non-hydrogen) atoms. The second kappa shape index (κ2) is 6.64. The fourth-order valence-corrected chi connectivity index (χ4v) is 2.27. The topological polar surface area (TPSA) is 55.1 Å². The minimum atomic E-state index is -0.544. The van der Waals surface area contributed by atoms with Gasteiger partial charge in [-0.3, -0.25) is 0 Å². The molecule has 5 heteroatoms. The Morgan fingerprint density at radius 1 is 0.950 bits per heavy atom. The quantitative estimate of drug-likeness (QED) is 0.887. The van der Waals surface area contributed by atoms with Crippen LogP contribution >= 0.6 is 23.2 Å². The average molecular weight is 309 g/mol. The van der Waals surface area contributed by atoms with Crippen LogP contribution in [0.15, 0.2) is 48.5 Å². The van der Waals surface area contributed by atoms with Crippen LogP contribution in [0.1, 0.15) is 17.0 Å². The SMILES string of the molecule is NC(=O)NCC(c1ccc(Cl)cc1)c1ccc(Cl)cc1. The number of hydrogen-bond acceptors (Lipinski definition) is 1. The first-order chi connectivity index (χ1) is 9.56. The first kappa shape index (κ1) is 14.7. The summed E-state index contributed by atoms with van der Waals surface area (Å²) in [5.41, 5.74) is 7.25. The molecule has 0 saturated carbocycles. The molecule has 0 saturated heterocycles. The predicted molar refractivity (Wildman–Crippen MR) is 82.3 cm³/mol. The third-order valence-electron chi connectivity index (χ3n) is 3.03. The molecular weight excluding hydrogens is 295 g/mol. The summed E-state index contributed by atoms with van der Waals surface area (Å²) < 4.78 is 0. The van der Waals surface area contributed by atoms with Crippen LogP contribution in [-0.2, 0) is 0 Å². The zero-order valence-electron chi connectivity index (χ0n) is 10.6. The van der Waals surface area contributed by atoms with E-state index in [9.17, 15) is 4.79 Å². The van der Waals surface area contributed by atoms with Crippen LogP contribution in [0.2, 0.25) is 10.0 Å². The summed E-state index contributed by atoms with van der Waals surface area (Å²) in [5, 5.41) is 3.99. The van der Waals surface area contributed by atoms with Gasteiger partial charge < -0.3 is 11.1 Å². The van der Waals surface area contributed by atoms with Crippen molar-refractivity contribution in [3.05, 3.63) is 69.7 Å². The van der Waals surface area contributed by atoms with E-state index in [2.05, 4.69) is 5.32 Å². The van der Waals surface area contributed by atoms with Crippen LogP contribution in [-0.4, -0.2) is 12.6 Å². The number of primary amides is 1. The maximum Gasteiger partial charge on any atom is 0.312 e. The van der Waals surface area contributed by atoms with Crippen molar-refractivity contribution in [2.75, 3.05) is 6.54 Å². The van der Waals surface area contributed by atoms with E-state index in [0.717, 1.165) is 11.1 Å². The molecule has 0 aliphatic heterocycles. The molecule has 0 bridgehead atoms. The Bertz CT molecular complexity index is 536. The second-order valence-corrected chi connectivity index (χ2v) is 5.27. The van der Waals surface area contributed by atoms with Crippen LogP contribution < -0.4 is 11.1 Å². The predicted octanol–water partition coefficient (Wildman–Crippen LogP) is 3.79. The van der Waals surface area contributed by atoms with E-state index in [1.807, 2.05) is 48.5 Å². The zero-order valence-corrected chi connectivity index (χ0v) is 12.2. The lowest BCUT2D eigenvalue weighted by molar-refractivity contribution is 0.248. The number of hydrogen-bond donors (Lipinski definition) is 2. The van der Waals surface area contributed by atoms with Crippen molar-refractivity contribution in [1.82, 2.24) is 5.32 Å². The molecule has 3 N–H and O–H groups in total. The van der Waals surface area contributed by atoms with Gasteiger partial charge in [-0.05, 0) is 35.4 Å². The minimum absolute atomic E-state index is 0.00275. The average Bonchev–Trinajstić information content (AvgIpc) is 2.42. The number of nitrogens with one attached hydrogen (secondary N) is 1. The lowest BCUT2D eigenvalue weighted by Crippen LogP contribution is -2.33. The molecule has 0 aliphatic rings. The molecule has 2 rings (SSSR count). The van der Waals surface area contributed by atoms with E-state index < -0.39 is 6.03 Å². The van der Waals surface area contributed by atoms with Crippen molar-refractivity contribution in [1.29, 1.82) is 0 Å². The van der Waals surface area contributed by atoms with Crippen LogP contribution in [0.3, 0.4) is 0 Å². The number of amides is 2. The van der Waals surface area contributed by atoms with Crippen LogP contribution in [0.4, 0.5) is 4.79 Å². The maximum atomic E-state index is 10.9. The van der Waals surface area contributed by atoms with E-state index in [0.29, 0.717) is 16.6 Å². The number of halogens is 2. The number of carbonyl (C=O) groups is 1. The number of carbonyl (C=O) groups excluding carboxylic acids is 1. The van der Waals surface area contributed by atoms with Crippen molar-refractivity contribution in [3.63, 3.8) is 0 Å². The smallest absolute Gasteiger partial charge is 0.312 e. The van der Waals surface area contributed by atoms with Gasteiger partial charge in [-0.1, -0.05) is 47.5 Å². The standard InChI is InChI=1S/C15H14Cl2N2O/c16-12-5-1-10(2-6-12)14(9-19-15(18)20)11-3-7-13(17)8-4-11/h1-8,14H,9H2,(H3,18,19,20). The Morgan fingerprint density at radius 3 is 1.70 bits per heavy atom. The highest BCUT2D eigenvalue weighted by Gasteiger charge is 2.14. The first-order valence-electron chi connectivity index (χ1n) is 6.10. The summed E-state index contributed by atoms with van der Waals surface area (Å²) in [7, 11) is 0. The van der Waals surface area contributed by atoms with E-state index in [1.54, 1.807) is 0 Å². The molecule has 0 aromatic heterocycles. The Balaban J connectivity index is 2.30. The van der Waals surface area contributed by atoms with Crippen molar-refractivity contribution in [2.24, 2.45) is 5.73 Å². The first-order valence-corrected chi connectivity index (χ1v) is 6.86. The normalized spacial score (nSPS) is 10.6. The molecule has 0 atom stereocenters. The molecule has 2 amide bonds. The van der Waals surface area contributed by atoms with Crippen molar-refractivity contribution in [3.8, 4) is 0 Å². The maximum absolute atomic E-state index is 10.9. The van der Waals surface area contributed by atoms with Crippen LogP contribution in [0, 0.1) is 0 Å². The van der Waals surface area contributed by atoms with E-state index in [4.69, 9.17) is 28.9 Å². The van der Waals surface area contributed by atoms with Crippen LogP contribution in [0.25, 0.3) is 0 Å². The fraction of sp³-hybridized carbons (Fsp3) is 0.133. The van der Waals surface area contributed by atoms with Crippen molar-refractivity contribution >= 4 is 29.2 Å². The summed E-state index contributed by atoms with van der Waals surface area (Å²) in [6.07, 6.45) is 0. The van der Waals surface area contributed by atoms with Crippen LogP contribution in [0.5, 0.6) is 0 Å². The lowest BCUT2D eigenvalue weighted by Gasteiger charge is -2.18. The Labute approximate surface area is 127 Å². The van der Waals surface area contributed by atoms with Gasteiger partial charge in [0.2, 0.25) is 0 Å². The molecule has 0 aliphatic carbocycles. The summed E-state index contributed by atoms with van der Waals surface area (Å²) in [4.78, 5) is 10.9. The Hall–Kier alpha value is -1.71. The summed E-state index contributed by atoms with van der Waals surface area (Å²) >= 11 is 11.8.